The first-order valence-electron chi connectivity index (χ1n) is 4.95. The number of β-amino-alcohol motifs (C(OH)–C–C–N with tert-alkyl or cyclic N) is 1. The standard InChI is InChI=1S/C9H19FN2O/c1-2-11-3-5-12(6-4-11)8-9(13)7-10/h9,13H,2-8H2,1H3. The normalized spacial score (nSPS) is 23.3. The van der Waals surface area contributed by atoms with Gasteiger partial charge in [0.25, 0.3) is 0 Å². The summed E-state index contributed by atoms with van der Waals surface area (Å²) in [5.41, 5.74) is 0. The zero-order valence-electron chi connectivity index (χ0n) is 8.25. The van der Waals surface area contributed by atoms with E-state index in [0.717, 1.165) is 32.7 Å². The summed E-state index contributed by atoms with van der Waals surface area (Å²) in [4.78, 5) is 4.48. The van der Waals surface area contributed by atoms with Crippen LogP contribution < -0.4 is 0 Å². The summed E-state index contributed by atoms with van der Waals surface area (Å²) in [6, 6.07) is 0. The first-order valence-corrected chi connectivity index (χ1v) is 4.95. The molecular weight excluding hydrogens is 171 g/mol. The maximum Gasteiger partial charge on any atom is 0.117 e. The quantitative estimate of drug-likeness (QED) is 0.673. The van der Waals surface area contributed by atoms with Crippen molar-refractivity contribution in [3.05, 3.63) is 0 Å². The number of rotatable bonds is 4. The van der Waals surface area contributed by atoms with Gasteiger partial charge in [0.15, 0.2) is 0 Å². The lowest BCUT2D eigenvalue weighted by atomic mass is 10.3. The molecule has 3 nitrogen and oxygen atoms in total. The van der Waals surface area contributed by atoms with Gasteiger partial charge in [-0.2, -0.15) is 0 Å². The van der Waals surface area contributed by atoms with Gasteiger partial charge in [0.1, 0.15) is 6.67 Å². The molecule has 1 saturated heterocycles. The van der Waals surface area contributed by atoms with Gasteiger partial charge in [0.2, 0.25) is 0 Å². The summed E-state index contributed by atoms with van der Waals surface area (Å²) in [5.74, 6) is 0. The highest BCUT2D eigenvalue weighted by molar-refractivity contribution is 4.72. The van der Waals surface area contributed by atoms with Crippen molar-refractivity contribution in [3.8, 4) is 0 Å². The number of piperazine rings is 1. The molecule has 0 aromatic rings. The molecule has 0 aromatic heterocycles. The topological polar surface area (TPSA) is 26.7 Å². The van der Waals surface area contributed by atoms with Gasteiger partial charge in [-0.1, -0.05) is 6.92 Å². The van der Waals surface area contributed by atoms with E-state index in [2.05, 4.69) is 16.7 Å². The summed E-state index contributed by atoms with van der Waals surface area (Å²) in [5, 5.41) is 9.10. The van der Waals surface area contributed by atoms with Crippen LogP contribution in [0.25, 0.3) is 0 Å². The van der Waals surface area contributed by atoms with E-state index in [1.807, 2.05) is 0 Å². The average Bonchev–Trinajstić information content (AvgIpc) is 2.19. The molecular formula is C9H19FN2O. The van der Waals surface area contributed by atoms with Gasteiger partial charge in [-0.3, -0.25) is 4.90 Å². The number of nitrogens with zero attached hydrogens (tertiary/aromatic N) is 2. The number of alkyl halides is 1. The third-order valence-corrected chi connectivity index (χ3v) is 2.56. The Balaban J connectivity index is 2.17. The van der Waals surface area contributed by atoms with Crippen molar-refractivity contribution in [2.45, 2.75) is 13.0 Å². The summed E-state index contributed by atoms with van der Waals surface area (Å²) in [6.07, 6.45) is -0.798. The molecule has 0 bridgehead atoms. The third kappa shape index (κ3) is 3.58. The Bertz CT molecular complexity index is 138. The highest BCUT2D eigenvalue weighted by Crippen LogP contribution is 2.02. The maximum atomic E-state index is 12.0. The van der Waals surface area contributed by atoms with Crippen molar-refractivity contribution in [2.75, 3.05) is 45.9 Å². The van der Waals surface area contributed by atoms with Gasteiger partial charge < -0.3 is 10.0 Å². The lowest BCUT2D eigenvalue weighted by Crippen LogP contribution is -2.48. The molecule has 0 aliphatic carbocycles. The van der Waals surface area contributed by atoms with E-state index in [1.54, 1.807) is 0 Å². The minimum absolute atomic E-state index is 0.480. The first-order chi connectivity index (χ1) is 6.26. The predicted molar refractivity (Wildman–Crippen MR) is 50.5 cm³/mol. The van der Waals surface area contributed by atoms with Crippen molar-refractivity contribution < 1.29 is 9.50 Å². The van der Waals surface area contributed by atoms with E-state index in [1.165, 1.54) is 0 Å². The fourth-order valence-corrected chi connectivity index (χ4v) is 1.63. The summed E-state index contributed by atoms with van der Waals surface area (Å²) >= 11 is 0. The van der Waals surface area contributed by atoms with E-state index in [-0.39, 0.29) is 0 Å². The molecule has 4 heteroatoms. The Labute approximate surface area is 79.1 Å². The smallest absolute Gasteiger partial charge is 0.117 e. The molecule has 1 aliphatic rings. The Morgan fingerprint density at radius 2 is 1.77 bits per heavy atom. The van der Waals surface area contributed by atoms with Gasteiger partial charge in [0, 0.05) is 32.7 Å². The molecule has 1 heterocycles. The summed E-state index contributed by atoms with van der Waals surface area (Å²) in [6.45, 7) is 7.05. The van der Waals surface area contributed by atoms with Crippen molar-refractivity contribution >= 4 is 0 Å². The minimum atomic E-state index is -0.798. The second-order valence-corrected chi connectivity index (χ2v) is 3.54. The van der Waals surface area contributed by atoms with Crippen LogP contribution in [0.15, 0.2) is 0 Å². The van der Waals surface area contributed by atoms with Crippen LogP contribution in [0.4, 0.5) is 4.39 Å². The van der Waals surface area contributed by atoms with E-state index in [9.17, 15) is 4.39 Å². The van der Waals surface area contributed by atoms with Crippen LogP contribution >= 0.6 is 0 Å². The largest absolute Gasteiger partial charge is 0.389 e. The second-order valence-electron chi connectivity index (χ2n) is 3.54. The highest BCUT2D eigenvalue weighted by Gasteiger charge is 2.17. The number of aliphatic hydroxyl groups excluding tert-OH is 1. The van der Waals surface area contributed by atoms with Gasteiger partial charge in [0.05, 0.1) is 6.10 Å². The van der Waals surface area contributed by atoms with Crippen molar-refractivity contribution in [2.24, 2.45) is 0 Å². The molecule has 13 heavy (non-hydrogen) atoms. The number of hydrogen-bond donors (Lipinski definition) is 1. The van der Waals surface area contributed by atoms with Crippen molar-refractivity contribution in [1.29, 1.82) is 0 Å². The molecule has 1 aliphatic heterocycles. The lowest BCUT2D eigenvalue weighted by Gasteiger charge is -2.34. The molecule has 0 aromatic carbocycles. The molecule has 0 spiro atoms. The van der Waals surface area contributed by atoms with Gasteiger partial charge in [-0.15, -0.1) is 0 Å². The van der Waals surface area contributed by atoms with Gasteiger partial charge in [-0.05, 0) is 6.54 Å². The van der Waals surface area contributed by atoms with Crippen LogP contribution in [0.5, 0.6) is 0 Å². The fraction of sp³-hybridized carbons (Fsp3) is 1.00. The number of likely N-dealkylation sites (N-methyl/N-ethyl adjacent to an activating group) is 1. The SMILES string of the molecule is CCN1CCN(CC(O)CF)CC1. The summed E-state index contributed by atoms with van der Waals surface area (Å²) in [7, 11) is 0. The van der Waals surface area contributed by atoms with E-state index in [0.29, 0.717) is 6.54 Å². The highest BCUT2D eigenvalue weighted by atomic mass is 19.1. The van der Waals surface area contributed by atoms with Crippen LogP contribution in [-0.4, -0.2) is 67.0 Å². The molecule has 78 valence electrons. The molecule has 0 amide bonds. The van der Waals surface area contributed by atoms with E-state index < -0.39 is 12.8 Å². The summed E-state index contributed by atoms with van der Waals surface area (Å²) < 4.78 is 12.0. The van der Waals surface area contributed by atoms with Crippen LogP contribution in [-0.2, 0) is 0 Å². The molecule has 1 N–H and O–H groups in total. The van der Waals surface area contributed by atoms with Crippen LogP contribution in [0.2, 0.25) is 0 Å². The molecule has 1 rings (SSSR count). The lowest BCUT2D eigenvalue weighted by molar-refractivity contribution is 0.0612. The van der Waals surface area contributed by atoms with E-state index >= 15 is 0 Å². The van der Waals surface area contributed by atoms with Gasteiger partial charge >= 0.3 is 0 Å². The maximum absolute atomic E-state index is 12.0. The molecule has 1 atom stereocenters. The molecule has 1 fully saturated rings. The van der Waals surface area contributed by atoms with Crippen LogP contribution in [0.3, 0.4) is 0 Å². The molecule has 1 unspecified atom stereocenters. The van der Waals surface area contributed by atoms with Crippen LogP contribution in [0, 0.1) is 0 Å². The zero-order chi connectivity index (χ0) is 9.68. The average molecular weight is 190 g/mol. The minimum Gasteiger partial charge on any atom is -0.389 e. The Hall–Kier alpha value is -0.190. The molecule has 0 radical (unpaired) electrons. The first kappa shape index (κ1) is 10.9. The van der Waals surface area contributed by atoms with E-state index in [4.69, 9.17) is 5.11 Å². The third-order valence-electron chi connectivity index (χ3n) is 2.56. The fourth-order valence-electron chi connectivity index (χ4n) is 1.63. The Morgan fingerprint density at radius 3 is 2.23 bits per heavy atom. The number of aliphatic hydroxyl groups is 1. The van der Waals surface area contributed by atoms with Crippen LogP contribution in [0.1, 0.15) is 6.92 Å². The van der Waals surface area contributed by atoms with Gasteiger partial charge in [-0.25, -0.2) is 4.39 Å². The monoisotopic (exact) mass is 190 g/mol. The van der Waals surface area contributed by atoms with Crippen molar-refractivity contribution in [1.82, 2.24) is 9.80 Å². The zero-order valence-corrected chi connectivity index (χ0v) is 8.25. The second kappa shape index (κ2) is 5.52. The predicted octanol–water partition coefficient (Wildman–Crippen LogP) is -0.0457. The Morgan fingerprint density at radius 1 is 1.23 bits per heavy atom. The number of halogens is 1. The molecule has 0 saturated carbocycles. The number of hydrogen-bond acceptors (Lipinski definition) is 3. The Kier molecular flexibility index (Phi) is 4.62. The van der Waals surface area contributed by atoms with Crippen molar-refractivity contribution in [3.63, 3.8) is 0 Å².